The molecule has 0 spiro atoms. The molecule has 3 heterocycles. The van der Waals surface area contributed by atoms with E-state index >= 15 is 0 Å². The van der Waals surface area contributed by atoms with E-state index in [1.54, 1.807) is 28.3 Å². The van der Waals surface area contributed by atoms with Gasteiger partial charge in [0.15, 0.2) is 11.5 Å². The van der Waals surface area contributed by atoms with E-state index in [1.165, 1.54) is 0 Å². The lowest BCUT2D eigenvalue weighted by Gasteiger charge is -2.20. The van der Waals surface area contributed by atoms with Gasteiger partial charge in [-0.25, -0.2) is 0 Å². The molecule has 4 rings (SSSR count). The van der Waals surface area contributed by atoms with Crippen LogP contribution in [0.2, 0.25) is 0 Å². The minimum Gasteiger partial charge on any atom is -0.359 e. The first-order chi connectivity index (χ1) is 11.7. The molecule has 0 radical (unpaired) electrons. The molecule has 0 unspecified atom stereocenters. The van der Waals surface area contributed by atoms with Crippen molar-refractivity contribution >= 4 is 17.2 Å². The second kappa shape index (κ2) is 6.24. The molecule has 0 atom stereocenters. The van der Waals surface area contributed by atoms with Gasteiger partial charge < -0.3 is 9.42 Å². The number of rotatable bonds is 6. The van der Waals surface area contributed by atoms with Crippen molar-refractivity contribution in [2.24, 2.45) is 0 Å². The second-order valence-corrected chi connectivity index (χ2v) is 6.97. The molecule has 0 aromatic carbocycles. The number of aryl methyl sites for hydroxylation is 1. The van der Waals surface area contributed by atoms with E-state index < -0.39 is 0 Å². The van der Waals surface area contributed by atoms with Crippen LogP contribution in [0.3, 0.4) is 0 Å². The number of nitrogens with zero attached hydrogens (tertiary/aromatic N) is 4. The van der Waals surface area contributed by atoms with Crippen LogP contribution >= 0.6 is 11.3 Å². The fourth-order valence-corrected chi connectivity index (χ4v) is 3.34. The van der Waals surface area contributed by atoms with Gasteiger partial charge in [0, 0.05) is 24.8 Å². The predicted octanol–water partition coefficient (Wildman–Crippen LogP) is 3.09. The zero-order valence-electron chi connectivity index (χ0n) is 13.4. The number of carbonyl (C=O) groups is 1. The van der Waals surface area contributed by atoms with Gasteiger partial charge in [-0.3, -0.25) is 9.48 Å². The molecule has 0 aliphatic heterocycles. The molecule has 6 nitrogen and oxygen atoms in total. The Morgan fingerprint density at radius 1 is 1.50 bits per heavy atom. The van der Waals surface area contributed by atoms with Crippen molar-refractivity contribution in [2.45, 2.75) is 38.9 Å². The predicted molar refractivity (Wildman–Crippen MR) is 89.8 cm³/mol. The van der Waals surface area contributed by atoms with Crippen molar-refractivity contribution in [3.63, 3.8) is 0 Å². The number of carbonyl (C=O) groups excluding carboxylic acids is 1. The zero-order valence-corrected chi connectivity index (χ0v) is 14.2. The smallest absolute Gasteiger partial charge is 0.276 e. The molecular formula is C17H18N4O2S. The van der Waals surface area contributed by atoms with Crippen LogP contribution in [0.15, 0.2) is 39.8 Å². The van der Waals surface area contributed by atoms with Crippen molar-refractivity contribution in [1.82, 2.24) is 19.8 Å². The van der Waals surface area contributed by atoms with Gasteiger partial charge in [-0.05, 0) is 47.7 Å². The quantitative estimate of drug-likeness (QED) is 0.690. The average molecular weight is 342 g/mol. The SMILES string of the molecule is Cc1cnn(Cc2cc(C(=O)N(Cc3ccsc3)C3CC3)no2)c1. The summed E-state index contributed by atoms with van der Waals surface area (Å²) in [5.41, 5.74) is 2.62. The van der Waals surface area contributed by atoms with Crippen LogP contribution in [-0.4, -0.2) is 31.8 Å². The normalized spacial score (nSPS) is 14.0. The Labute approximate surface area is 143 Å². The standard InChI is InChI=1S/C17H18N4O2S/c1-12-7-18-20(8-12)10-15-6-16(19-23-15)17(22)21(14-2-3-14)9-13-4-5-24-11-13/h4-8,11,14H,2-3,9-10H2,1H3. The summed E-state index contributed by atoms with van der Waals surface area (Å²) in [4.78, 5) is 14.7. The van der Waals surface area contributed by atoms with E-state index in [4.69, 9.17) is 4.52 Å². The minimum atomic E-state index is -0.0599. The molecule has 24 heavy (non-hydrogen) atoms. The van der Waals surface area contributed by atoms with Crippen LogP contribution in [0.5, 0.6) is 0 Å². The Bertz CT molecular complexity index is 833. The third-order valence-corrected chi connectivity index (χ3v) is 4.77. The molecule has 0 saturated heterocycles. The van der Waals surface area contributed by atoms with Gasteiger partial charge >= 0.3 is 0 Å². The van der Waals surface area contributed by atoms with Gasteiger partial charge in [0.2, 0.25) is 0 Å². The summed E-state index contributed by atoms with van der Waals surface area (Å²) >= 11 is 1.65. The zero-order chi connectivity index (χ0) is 16.5. The monoisotopic (exact) mass is 342 g/mol. The Balaban J connectivity index is 1.48. The Morgan fingerprint density at radius 2 is 2.38 bits per heavy atom. The number of hydrogen-bond donors (Lipinski definition) is 0. The molecule has 1 aliphatic rings. The number of amides is 1. The largest absolute Gasteiger partial charge is 0.359 e. The first-order valence-corrected chi connectivity index (χ1v) is 8.90. The summed E-state index contributed by atoms with van der Waals surface area (Å²) in [6.45, 7) is 3.09. The first kappa shape index (κ1) is 15.1. The summed E-state index contributed by atoms with van der Waals surface area (Å²) in [7, 11) is 0. The topological polar surface area (TPSA) is 64.2 Å². The maximum atomic E-state index is 12.8. The lowest BCUT2D eigenvalue weighted by molar-refractivity contribution is 0.0719. The van der Waals surface area contributed by atoms with E-state index in [-0.39, 0.29) is 5.91 Å². The third-order valence-electron chi connectivity index (χ3n) is 4.04. The highest BCUT2D eigenvalue weighted by molar-refractivity contribution is 7.07. The van der Waals surface area contributed by atoms with Crippen LogP contribution in [0, 0.1) is 6.92 Å². The summed E-state index contributed by atoms with van der Waals surface area (Å²) in [6, 6.07) is 4.11. The molecule has 7 heteroatoms. The van der Waals surface area contributed by atoms with Crippen LogP contribution in [0.25, 0.3) is 0 Å². The molecule has 1 amide bonds. The molecule has 1 saturated carbocycles. The first-order valence-electron chi connectivity index (χ1n) is 7.96. The molecule has 1 aliphatic carbocycles. The summed E-state index contributed by atoms with van der Waals surface area (Å²) in [5, 5.41) is 12.3. The Hall–Kier alpha value is -2.41. The van der Waals surface area contributed by atoms with Crippen LogP contribution in [-0.2, 0) is 13.1 Å². The molecule has 1 fully saturated rings. The lowest BCUT2D eigenvalue weighted by atomic mass is 10.2. The van der Waals surface area contributed by atoms with Crippen LogP contribution in [0.1, 0.15) is 40.2 Å². The fraction of sp³-hybridized carbons (Fsp3) is 0.353. The van der Waals surface area contributed by atoms with E-state index in [1.807, 2.05) is 23.4 Å². The van der Waals surface area contributed by atoms with Crippen molar-refractivity contribution in [2.75, 3.05) is 0 Å². The van der Waals surface area contributed by atoms with Gasteiger partial charge in [0.05, 0.1) is 6.20 Å². The van der Waals surface area contributed by atoms with Crippen molar-refractivity contribution < 1.29 is 9.32 Å². The maximum absolute atomic E-state index is 12.8. The van der Waals surface area contributed by atoms with Crippen molar-refractivity contribution in [1.29, 1.82) is 0 Å². The molecule has 0 bridgehead atoms. The van der Waals surface area contributed by atoms with Gasteiger partial charge in [-0.1, -0.05) is 5.16 Å². The molecular weight excluding hydrogens is 324 g/mol. The van der Waals surface area contributed by atoms with E-state index in [0.717, 1.165) is 24.0 Å². The Morgan fingerprint density at radius 3 is 3.04 bits per heavy atom. The lowest BCUT2D eigenvalue weighted by Crippen LogP contribution is -2.32. The van der Waals surface area contributed by atoms with Gasteiger partial charge in [-0.2, -0.15) is 16.4 Å². The molecule has 3 aromatic rings. The van der Waals surface area contributed by atoms with Gasteiger partial charge in [0.25, 0.3) is 5.91 Å². The van der Waals surface area contributed by atoms with Crippen molar-refractivity contribution in [3.05, 3.63) is 57.9 Å². The van der Waals surface area contributed by atoms with E-state index in [9.17, 15) is 4.79 Å². The fourth-order valence-electron chi connectivity index (χ4n) is 2.68. The highest BCUT2D eigenvalue weighted by atomic mass is 32.1. The minimum absolute atomic E-state index is 0.0599. The van der Waals surface area contributed by atoms with E-state index in [0.29, 0.717) is 30.6 Å². The summed E-state index contributed by atoms with van der Waals surface area (Å²) < 4.78 is 7.10. The summed E-state index contributed by atoms with van der Waals surface area (Å²) in [6.07, 6.45) is 5.84. The van der Waals surface area contributed by atoms with E-state index in [2.05, 4.69) is 21.7 Å². The second-order valence-electron chi connectivity index (χ2n) is 6.19. The third kappa shape index (κ3) is 3.26. The molecule has 0 N–H and O–H groups in total. The number of hydrogen-bond acceptors (Lipinski definition) is 5. The van der Waals surface area contributed by atoms with Gasteiger partial charge in [-0.15, -0.1) is 0 Å². The van der Waals surface area contributed by atoms with Crippen LogP contribution in [0.4, 0.5) is 0 Å². The highest BCUT2D eigenvalue weighted by Crippen LogP contribution is 2.30. The number of aromatic nitrogens is 3. The van der Waals surface area contributed by atoms with Gasteiger partial charge in [0.1, 0.15) is 6.54 Å². The Kier molecular flexibility index (Phi) is 3.93. The number of thiophene rings is 1. The molecule has 3 aromatic heterocycles. The maximum Gasteiger partial charge on any atom is 0.276 e. The highest BCUT2D eigenvalue weighted by Gasteiger charge is 2.34. The molecule has 124 valence electrons. The van der Waals surface area contributed by atoms with Crippen LogP contribution < -0.4 is 0 Å². The summed E-state index contributed by atoms with van der Waals surface area (Å²) in [5.74, 6) is 0.572. The average Bonchev–Trinajstić information content (AvgIpc) is 2.97. The van der Waals surface area contributed by atoms with Crippen molar-refractivity contribution in [3.8, 4) is 0 Å².